The van der Waals surface area contributed by atoms with Gasteiger partial charge in [0.15, 0.2) is 11.5 Å². The molecule has 1 fully saturated rings. The average molecular weight is 438 g/mol. The molecular weight excluding hydrogens is 414 g/mol. The fourth-order valence-electron chi connectivity index (χ4n) is 4.94. The van der Waals surface area contributed by atoms with Crippen molar-refractivity contribution in [2.24, 2.45) is 0 Å². The summed E-state index contributed by atoms with van der Waals surface area (Å²) in [6.07, 6.45) is 5.59. The molecular formula is C25H24ClNO4. The number of halogens is 1. The molecule has 0 radical (unpaired) electrons. The highest BCUT2D eigenvalue weighted by Crippen LogP contribution is 2.45. The Balaban J connectivity index is 1.46. The number of amides is 1. The van der Waals surface area contributed by atoms with Gasteiger partial charge in [0.2, 0.25) is 0 Å². The Hall–Kier alpha value is -2.79. The zero-order chi connectivity index (χ0) is 21.6. The molecule has 1 aliphatic carbocycles. The van der Waals surface area contributed by atoms with Crippen LogP contribution in [0.5, 0.6) is 5.75 Å². The van der Waals surface area contributed by atoms with Crippen molar-refractivity contribution in [2.45, 2.75) is 57.6 Å². The van der Waals surface area contributed by atoms with Crippen molar-refractivity contribution < 1.29 is 18.7 Å². The summed E-state index contributed by atoms with van der Waals surface area (Å²) in [5.41, 5.74) is 2.26. The molecule has 1 N–H and O–H groups in total. The van der Waals surface area contributed by atoms with E-state index in [2.05, 4.69) is 5.32 Å². The van der Waals surface area contributed by atoms with Crippen LogP contribution in [0.15, 0.2) is 40.8 Å². The van der Waals surface area contributed by atoms with Gasteiger partial charge in [0.05, 0.1) is 12.0 Å². The van der Waals surface area contributed by atoms with Crippen LogP contribution in [0.2, 0.25) is 5.02 Å². The van der Waals surface area contributed by atoms with Gasteiger partial charge < -0.3 is 14.5 Å². The first-order valence-electron chi connectivity index (χ1n) is 10.8. The van der Waals surface area contributed by atoms with Gasteiger partial charge in [-0.1, -0.05) is 30.2 Å². The number of ether oxygens (including phenoxy) is 1. The molecule has 2 heterocycles. The minimum absolute atomic E-state index is 0.0727. The van der Waals surface area contributed by atoms with Crippen LogP contribution in [-0.4, -0.2) is 17.3 Å². The third-order valence-corrected chi connectivity index (χ3v) is 6.69. The molecule has 1 spiro atoms. The van der Waals surface area contributed by atoms with Crippen LogP contribution in [0, 0.1) is 6.92 Å². The summed E-state index contributed by atoms with van der Waals surface area (Å²) < 4.78 is 12.3. The number of benzene rings is 2. The van der Waals surface area contributed by atoms with Gasteiger partial charge in [-0.2, -0.15) is 0 Å². The fraction of sp³-hybridized carbons (Fsp3) is 0.360. The van der Waals surface area contributed by atoms with Crippen molar-refractivity contribution in [1.82, 2.24) is 5.32 Å². The number of aryl methyl sites for hydroxylation is 1. The Morgan fingerprint density at radius 1 is 1.16 bits per heavy atom. The largest absolute Gasteiger partial charge is 0.486 e. The third kappa shape index (κ3) is 3.61. The van der Waals surface area contributed by atoms with Crippen LogP contribution in [-0.2, 0) is 6.54 Å². The summed E-state index contributed by atoms with van der Waals surface area (Å²) in [4.78, 5) is 26.0. The Bertz CT molecular complexity index is 1190. The summed E-state index contributed by atoms with van der Waals surface area (Å²) >= 11 is 6.02. The number of hydrogen-bond donors (Lipinski definition) is 1. The predicted octanol–water partition coefficient (Wildman–Crippen LogP) is 5.99. The number of nitrogens with one attached hydrogen (secondary N) is 1. The molecule has 1 aliphatic heterocycles. The maximum atomic E-state index is 13.2. The summed E-state index contributed by atoms with van der Waals surface area (Å²) in [5.74, 6) is 0.579. The molecule has 1 aromatic heterocycles. The monoisotopic (exact) mass is 437 g/mol. The normalized spacial score (nSPS) is 17.4. The molecule has 2 aliphatic rings. The number of hydrogen-bond acceptors (Lipinski definition) is 4. The minimum atomic E-state index is -0.370. The van der Waals surface area contributed by atoms with Crippen LogP contribution in [0.25, 0.3) is 11.0 Å². The Morgan fingerprint density at radius 2 is 1.97 bits per heavy atom. The Labute approximate surface area is 185 Å². The lowest BCUT2D eigenvalue weighted by molar-refractivity contribution is 0.0139. The third-order valence-electron chi connectivity index (χ3n) is 6.46. The van der Waals surface area contributed by atoms with Crippen molar-refractivity contribution in [3.63, 3.8) is 0 Å². The molecule has 5 nitrogen and oxygen atoms in total. The van der Waals surface area contributed by atoms with Gasteiger partial charge in [-0.25, -0.2) is 0 Å². The summed E-state index contributed by atoms with van der Waals surface area (Å²) in [6.45, 7) is 2.15. The van der Waals surface area contributed by atoms with Crippen LogP contribution in [0.3, 0.4) is 0 Å². The van der Waals surface area contributed by atoms with Gasteiger partial charge in [-0.05, 0) is 62.4 Å². The van der Waals surface area contributed by atoms with Crippen LogP contribution in [0.1, 0.15) is 70.6 Å². The van der Waals surface area contributed by atoms with Gasteiger partial charge in [0.25, 0.3) is 5.91 Å². The van der Waals surface area contributed by atoms with Crippen LogP contribution >= 0.6 is 11.6 Å². The molecule has 2 aromatic carbocycles. The molecule has 0 saturated heterocycles. The number of rotatable bonds is 3. The van der Waals surface area contributed by atoms with E-state index >= 15 is 0 Å². The molecule has 1 amide bonds. The zero-order valence-corrected chi connectivity index (χ0v) is 18.2. The minimum Gasteiger partial charge on any atom is -0.486 e. The van der Waals surface area contributed by atoms with Gasteiger partial charge >= 0.3 is 0 Å². The van der Waals surface area contributed by atoms with E-state index in [1.165, 1.54) is 6.42 Å². The van der Waals surface area contributed by atoms with E-state index in [1.807, 2.05) is 25.1 Å². The first kappa shape index (κ1) is 20.1. The molecule has 3 aromatic rings. The predicted molar refractivity (Wildman–Crippen MR) is 119 cm³/mol. The van der Waals surface area contributed by atoms with Crippen molar-refractivity contribution in [2.75, 3.05) is 0 Å². The number of furan rings is 1. The van der Waals surface area contributed by atoms with E-state index in [9.17, 15) is 9.59 Å². The summed E-state index contributed by atoms with van der Waals surface area (Å²) in [6, 6.07) is 10.9. The van der Waals surface area contributed by atoms with Crippen molar-refractivity contribution >= 4 is 34.3 Å². The average Bonchev–Trinajstić information content (AvgIpc) is 3.09. The number of carbonyl (C=O) groups is 2. The molecule has 31 heavy (non-hydrogen) atoms. The lowest BCUT2D eigenvalue weighted by Gasteiger charge is -2.40. The van der Waals surface area contributed by atoms with Crippen LogP contribution in [0.4, 0.5) is 0 Å². The molecule has 1 saturated carbocycles. The standard InChI is InChI=1S/C25H24ClNO4/c1-15-21-19(30-23(15)24(29)27-14-16-6-5-7-17(26)12-16)8-9-20-22(21)18(28)13-25(31-20)10-3-2-4-11-25/h5-9,12H,2-4,10-11,13-14H2,1H3,(H,27,29). The van der Waals surface area contributed by atoms with E-state index in [-0.39, 0.29) is 23.1 Å². The fourth-order valence-corrected chi connectivity index (χ4v) is 5.15. The zero-order valence-electron chi connectivity index (χ0n) is 17.4. The van der Waals surface area contributed by atoms with E-state index in [0.717, 1.165) is 31.2 Å². The van der Waals surface area contributed by atoms with Gasteiger partial charge in [0, 0.05) is 22.5 Å². The van der Waals surface area contributed by atoms with Gasteiger partial charge in [0.1, 0.15) is 16.9 Å². The van der Waals surface area contributed by atoms with Gasteiger partial charge in [-0.15, -0.1) is 0 Å². The molecule has 6 heteroatoms. The second-order valence-electron chi connectivity index (χ2n) is 8.63. The van der Waals surface area contributed by atoms with E-state index < -0.39 is 0 Å². The summed E-state index contributed by atoms with van der Waals surface area (Å²) in [7, 11) is 0. The lowest BCUT2D eigenvalue weighted by atomic mass is 9.78. The smallest absolute Gasteiger partial charge is 0.287 e. The summed E-state index contributed by atoms with van der Waals surface area (Å²) in [5, 5.41) is 4.17. The highest BCUT2D eigenvalue weighted by atomic mass is 35.5. The Kier molecular flexibility index (Phi) is 5.01. The first-order chi connectivity index (χ1) is 15.0. The highest BCUT2D eigenvalue weighted by Gasteiger charge is 2.42. The second kappa shape index (κ2) is 7.72. The maximum Gasteiger partial charge on any atom is 0.287 e. The topological polar surface area (TPSA) is 68.5 Å². The SMILES string of the molecule is Cc1c(C(=O)NCc2cccc(Cl)c2)oc2ccc3c(c12)C(=O)CC1(CCCCC1)O3. The molecule has 0 unspecified atom stereocenters. The highest BCUT2D eigenvalue weighted by molar-refractivity contribution is 6.30. The number of carbonyl (C=O) groups excluding carboxylic acids is 2. The number of ketones is 1. The molecule has 160 valence electrons. The van der Waals surface area contributed by atoms with Crippen LogP contribution < -0.4 is 10.1 Å². The quantitative estimate of drug-likeness (QED) is 0.546. The number of Topliss-reactive ketones (excluding diaryl/α,β-unsaturated/α-hetero) is 1. The van der Waals surface area contributed by atoms with Crippen molar-refractivity contribution in [3.05, 3.63) is 63.9 Å². The lowest BCUT2D eigenvalue weighted by Crippen LogP contribution is -2.43. The van der Waals surface area contributed by atoms with Crippen molar-refractivity contribution in [1.29, 1.82) is 0 Å². The first-order valence-corrected chi connectivity index (χ1v) is 11.1. The molecule has 0 atom stereocenters. The van der Waals surface area contributed by atoms with E-state index in [4.69, 9.17) is 20.8 Å². The van der Waals surface area contributed by atoms with E-state index in [0.29, 0.717) is 45.8 Å². The van der Waals surface area contributed by atoms with E-state index in [1.54, 1.807) is 18.2 Å². The molecule has 5 rings (SSSR count). The molecule has 0 bridgehead atoms. The van der Waals surface area contributed by atoms with Crippen molar-refractivity contribution in [3.8, 4) is 5.75 Å². The second-order valence-corrected chi connectivity index (χ2v) is 9.06. The number of fused-ring (bicyclic) bond motifs is 3. The van der Waals surface area contributed by atoms with Gasteiger partial charge in [-0.3, -0.25) is 9.59 Å². The Morgan fingerprint density at radius 3 is 2.74 bits per heavy atom. The maximum absolute atomic E-state index is 13.2.